The molecule has 1 fully saturated rings. The number of hydrogen-bond acceptors (Lipinski definition) is 8. The zero-order chi connectivity index (χ0) is 28.9. The lowest BCUT2D eigenvalue weighted by Gasteiger charge is -2.34. The van der Waals surface area contributed by atoms with Crippen molar-refractivity contribution in [1.29, 1.82) is 0 Å². The number of benzene rings is 2. The molecule has 0 spiro atoms. The van der Waals surface area contributed by atoms with Crippen LogP contribution in [-0.4, -0.2) is 57.8 Å². The number of hydrogen-bond donors (Lipinski definition) is 1. The minimum atomic E-state index is -4.74. The first-order valence-corrected chi connectivity index (χ1v) is 13.0. The summed E-state index contributed by atoms with van der Waals surface area (Å²) in [5, 5.41) is 21.4. The van der Waals surface area contributed by atoms with Gasteiger partial charge in [-0.25, -0.2) is 0 Å². The Morgan fingerprint density at radius 1 is 1.12 bits per heavy atom. The van der Waals surface area contributed by atoms with Crippen LogP contribution < -0.4 is 19.1 Å². The number of nitro groups is 1. The first-order valence-electron chi connectivity index (χ1n) is 12.2. The monoisotopic (exact) mass is 604 g/mol. The average Bonchev–Trinajstić information content (AvgIpc) is 3.28. The molecule has 4 rings (SSSR count). The van der Waals surface area contributed by atoms with E-state index in [4.69, 9.17) is 32.7 Å². The third-order valence-corrected chi connectivity index (χ3v) is 6.72. The molecule has 0 saturated carbocycles. The summed E-state index contributed by atoms with van der Waals surface area (Å²) in [6.07, 6.45) is -2.87. The fourth-order valence-corrected chi connectivity index (χ4v) is 4.58. The molecular formula is C25H25Cl2F3N4O6. The van der Waals surface area contributed by atoms with Crippen molar-refractivity contribution in [2.45, 2.75) is 44.4 Å². The lowest BCUT2D eigenvalue weighted by Crippen LogP contribution is -2.38. The normalized spacial score (nSPS) is 15.1. The van der Waals surface area contributed by atoms with Gasteiger partial charge in [0.15, 0.2) is 0 Å². The van der Waals surface area contributed by atoms with Crippen LogP contribution in [0.4, 0.5) is 24.7 Å². The van der Waals surface area contributed by atoms with Crippen molar-refractivity contribution < 1.29 is 37.4 Å². The number of aryl methyl sites for hydroxylation is 1. The molecule has 10 nitrogen and oxygen atoms in total. The summed E-state index contributed by atoms with van der Waals surface area (Å²) in [5.41, 5.74) is 0.890. The lowest BCUT2D eigenvalue weighted by atomic mass is 10.1. The molecule has 1 atom stereocenters. The third-order valence-electron chi connectivity index (χ3n) is 6.12. The van der Waals surface area contributed by atoms with Crippen molar-refractivity contribution in [3.8, 4) is 17.2 Å². The van der Waals surface area contributed by atoms with Gasteiger partial charge in [0.25, 0.3) is 0 Å². The second-order valence-corrected chi connectivity index (χ2v) is 9.76. The van der Waals surface area contributed by atoms with Gasteiger partial charge in [-0.1, -0.05) is 11.6 Å². The Labute approximate surface area is 236 Å². The van der Waals surface area contributed by atoms with Gasteiger partial charge in [0.1, 0.15) is 36.2 Å². The summed E-state index contributed by atoms with van der Waals surface area (Å²) in [5.74, 6) is 0.194. The topological polar surface area (TPSA) is 112 Å². The zero-order valence-electron chi connectivity index (χ0n) is 20.9. The molecule has 2 heterocycles. The molecule has 0 radical (unpaired) electrons. The SMILES string of the molecule is O=[N+]([O-])c1cn(CCC(O)COc2ccc(N3CCC(Oc4ccc(OC(F)(F)F)cc4)CC3)cc2Cl)c(Cl)n1. The van der Waals surface area contributed by atoms with Crippen LogP contribution >= 0.6 is 23.2 Å². The van der Waals surface area contributed by atoms with E-state index >= 15 is 0 Å². The molecule has 1 aliphatic heterocycles. The number of aliphatic hydroxyl groups excluding tert-OH is 1. The van der Waals surface area contributed by atoms with Crippen LogP contribution in [0.2, 0.25) is 10.3 Å². The maximum Gasteiger partial charge on any atom is 0.573 e. The van der Waals surface area contributed by atoms with E-state index in [2.05, 4.69) is 14.6 Å². The standard InChI is InChI=1S/C25H25Cl2F3N4O6/c26-21-13-16(1-6-22(21)38-15-17(35)7-10-33-14-23(34(36)37)31-24(33)27)32-11-8-19(9-12-32)39-18-2-4-20(5-3-18)40-25(28,29)30/h1-6,13-14,17,19,35H,7-12,15H2. The Morgan fingerprint density at radius 3 is 2.40 bits per heavy atom. The molecule has 0 aliphatic carbocycles. The first kappa shape index (κ1) is 29.6. The van der Waals surface area contributed by atoms with Crippen molar-refractivity contribution in [2.75, 3.05) is 24.6 Å². The number of imidazole rings is 1. The van der Waals surface area contributed by atoms with Crippen LogP contribution in [0.25, 0.3) is 0 Å². The number of anilines is 1. The van der Waals surface area contributed by atoms with Gasteiger partial charge in [-0.2, -0.15) is 0 Å². The molecule has 1 aromatic heterocycles. The molecular weight excluding hydrogens is 580 g/mol. The summed E-state index contributed by atoms with van der Waals surface area (Å²) >= 11 is 12.3. The van der Waals surface area contributed by atoms with Crippen LogP contribution in [0.1, 0.15) is 19.3 Å². The summed E-state index contributed by atoms with van der Waals surface area (Å²) in [7, 11) is 0. The molecule has 216 valence electrons. The van der Waals surface area contributed by atoms with Gasteiger partial charge in [0.2, 0.25) is 0 Å². The summed E-state index contributed by atoms with van der Waals surface area (Å²) < 4.78 is 53.8. The van der Waals surface area contributed by atoms with Crippen LogP contribution in [0, 0.1) is 10.1 Å². The third kappa shape index (κ3) is 8.29. The number of nitrogens with zero attached hydrogens (tertiary/aromatic N) is 4. The predicted octanol–water partition coefficient (Wildman–Crippen LogP) is 5.87. The molecule has 3 aromatic rings. The van der Waals surface area contributed by atoms with Crippen molar-refractivity contribution >= 4 is 34.7 Å². The second kappa shape index (κ2) is 12.8. The van der Waals surface area contributed by atoms with E-state index in [1.165, 1.54) is 35.0 Å². The van der Waals surface area contributed by atoms with Crippen molar-refractivity contribution in [3.63, 3.8) is 0 Å². The summed E-state index contributed by atoms with van der Waals surface area (Å²) in [6.45, 7) is 1.54. The van der Waals surface area contributed by atoms with Gasteiger partial charge in [-0.3, -0.25) is 4.57 Å². The van der Waals surface area contributed by atoms with Crippen LogP contribution in [0.15, 0.2) is 48.7 Å². The molecule has 15 heteroatoms. The highest BCUT2D eigenvalue weighted by Crippen LogP contribution is 2.32. The fourth-order valence-electron chi connectivity index (χ4n) is 4.13. The highest BCUT2D eigenvalue weighted by Gasteiger charge is 2.31. The largest absolute Gasteiger partial charge is 0.573 e. The Balaban J connectivity index is 1.21. The van der Waals surface area contributed by atoms with Crippen molar-refractivity contribution in [2.24, 2.45) is 0 Å². The Hall–Kier alpha value is -3.42. The van der Waals surface area contributed by atoms with E-state index in [1.807, 2.05) is 6.07 Å². The fraction of sp³-hybridized carbons (Fsp3) is 0.400. The highest BCUT2D eigenvalue weighted by atomic mass is 35.5. The molecule has 0 amide bonds. The minimum Gasteiger partial charge on any atom is -0.490 e. The minimum absolute atomic E-state index is 0.0392. The first-order chi connectivity index (χ1) is 19.0. The Bertz CT molecular complexity index is 1300. The molecule has 1 saturated heterocycles. The molecule has 1 aliphatic rings. The van der Waals surface area contributed by atoms with Gasteiger partial charge in [0, 0.05) is 38.2 Å². The highest BCUT2D eigenvalue weighted by molar-refractivity contribution is 6.32. The van der Waals surface area contributed by atoms with Crippen LogP contribution in [-0.2, 0) is 6.54 Å². The van der Waals surface area contributed by atoms with Crippen molar-refractivity contribution in [1.82, 2.24) is 9.55 Å². The number of alkyl halides is 3. The predicted molar refractivity (Wildman–Crippen MR) is 140 cm³/mol. The number of rotatable bonds is 11. The van der Waals surface area contributed by atoms with E-state index in [9.17, 15) is 28.4 Å². The van der Waals surface area contributed by atoms with Gasteiger partial charge >= 0.3 is 17.5 Å². The van der Waals surface area contributed by atoms with E-state index < -0.39 is 17.4 Å². The van der Waals surface area contributed by atoms with E-state index in [0.717, 1.165) is 5.69 Å². The quantitative estimate of drug-likeness (QED) is 0.213. The maximum atomic E-state index is 12.3. The zero-order valence-corrected chi connectivity index (χ0v) is 22.4. The van der Waals surface area contributed by atoms with Gasteiger partial charge in [-0.15, -0.1) is 13.2 Å². The molecule has 1 N–H and O–H groups in total. The number of halogens is 5. The number of aromatic nitrogens is 2. The number of piperidine rings is 1. The number of ether oxygens (including phenoxy) is 3. The maximum absolute atomic E-state index is 12.3. The molecule has 2 aromatic carbocycles. The van der Waals surface area contributed by atoms with Crippen LogP contribution in [0.3, 0.4) is 0 Å². The summed E-state index contributed by atoms with van der Waals surface area (Å²) in [4.78, 5) is 15.9. The molecule has 40 heavy (non-hydrogen) atoms. The van der Waals surface area contributed by atoms with E-state index in [1.54, 1.807) is 12.1 Å². The average molecular weight is 605 g/mol. The van der Waals surface area contributed by atoms with E-state index in [-0.39, 0.29) is 42.5 Å². The van der Waals surface area contributed by atoms with E-state index in [0.29, 0.717) is 42.5 Å². The summed E-state index contributed by atoms with van der Waals surface area (Å²) in [6, 6.07) is 10.7. The smallest absolute Gasteiger partial charge is 0.490 e. The lowest BCUT2D eigenvalue weighted by molar-refractivity contribution is -0.389. The Kier molecular flexibility index (Phi) is 9.48. The van der Waals surface area contributed by atoms with Gasteiger partial charge in [0.05, 0.1) is 11.1 Å². The van der Waals surface area contributed by atoms with Crippen molar-refractivity contribution in [3.05, 3.63) is 69.1 Å². The van der Waals surface area contributed by atoms with Gasteiger partial charge < -0.3 is 34.3 Å². The molecule has 0 bridgehead atoms. The number of aliphatic hydroxyl groups is 1. The van der Waals surface area contributed by atoms with Gasteiger partial charge in [-0.05, 0) is 70.4 Å². The Morgan fingerprint density at radius 2 is 1.80 bits per heavy atom. The molecule has 1 unspecified atom stereocenters. The second-order valence-electron chi connectivity index (χ2n) is 9.01. The van der Waals surface area contributed by atoms with Crippen LogP contribution in [0.5, 0.6) is 17.2 Å².